The van der Waals surface area contributed by atoms with Gasteiger partial charge in [0.05, 0.1) is 0 Å². The van der Waals surface area contributed by atoms with Gasteiger partial charge in [0.15, 0.2) is 0 Å². The van der Waals surface area contributed by atoms with Gasteiger partial charge in [0, 0.05) is 22.6 Å². The summed E-state index contributed by atoms with van der Waals surface area (Å²) in [7, 11) is 0. The first kappa shape index (κ1) is 11.6. The maximum Gasteiger partial charge on any atom is 0.327 e. The molecular weight excluding hydrogens is 250 g/mol. The van der Waals surface area contributed by atoms with E-state index in [1.165, 1.54) is 0 Å². The van der Waals surface area contributed by atoms with Crippen molar-refractivity contribution in [3.63, 3.8) is 0 Å². The Labute approximate surface area is 109 Å². The van der Waals surface area contributed by atoms with Crippen LogP contribution in [0, 0.1) is 0 Å². The lowest BCUT2D eigenvalue weighted by atomic mass is 10.0. The molecule has 0 spiro atoms. The van der Waals surface area contributed by atoms with Crippen molar-refractivity contribution in [3.8, 4) is 0 Å². The molecule has 3 atom stereocenters. The summed E-state index contributed by atoms with van der Waals surface area (Å²) in [4.78, 5) is 25.4. The summed E-state index contributed by atoms with van der Waals surface area (Å²) in [6.45, 7) is 0. The number of carboxylic acids is 1. The average Bonchev–Trinajstić information content (AvgIpc) is 2.63. The SMILES string of the molecule is O=C(O)[C@H]1C(Sc2ccccc2)CC2CC(=O)N21. The van der Waals surface area contributed by atoms with E-state index in [1.54, 1.807) is 16.7 Å². The van der Waals surface area contributed by atoms with Gasteiger partial charge < -0.3 is 10.0 Å². The highest BCUT2D eigenvalue weighted by atomic mass is 32.2. The number of carbonyl (C=O) groups is 2. The number of nitrogens with zero attached hydrogens (tertiary/aromatic N) is 1. The van der Waals surface area contributed by atoms with Crippen LogP contribution in [0.2, 0.25) is 0 Å². The van der Waals surface area contributed by atoms with Crippen molar-refractivity contribution in [1.29, 1.82) is 0 Å². The second-order valence-corrected chi connectivity index (χ2v) is 5.96. The summed E-state index contributed by atoms with van der Waals surface area (Å²) in [6, 6.07) is 9.23. The smallest absolute Gasteiger partial charge is 0.327 e. The molecular formula is C13H13NO3S. The number of thioether (sulfide) groups is 1. The van der Waals surface area contributed by atoms with E-state index in [4.69, 9.17) is 0 Å². The van der Waals surface area contributed by atoms with E-state index in [0.29, 0.717) is 6.42 Å². The second-order valence-electron chi connectivity index (χ2n) is 4.65. The first-order valence-corrected chi connectivity index (χ1v) is 6.80. The number of rotatable bonds is 3. The monoisotopic (exact) mass is 263 g/mol. The van der Waals surface area contributed by atoms with Gasteiger partial charge in [0.25, 0.3) is 0 Å². The standard InChI is InChI=1S/C13H13NO3S/c15-11-7-8-6-10(12(13(16)17)14(8)11)18-9-4-2-1-3-5-9/h1-5,8,10,12H,6-7H2,(H,16,17)/t8?,10?,12-/m1/s1. The number of benzene rings is 1. The molecule has 0 saturated carbocycles. The molecule has 0 bridgehead atoms. The van der Waals surface area contributed by atoms with Gasteiger partial charge in [0.1, 0.15) is 6.04 Å². The topological polar surface area (TPSA) is 57.6 Å². The minimum atomic E-state index is -0.890. The maximum atomic E-state index is 11.5. The highest BCUT2D eigenvalue weighted by Gasteiger charge is 2.54. The van der Waals surface area contributed by atoms with E-state index in [2.05, 4.69) is 0 Å². The number of hydrogen-bond acceptors (Lipinski definition) is 3. The van der Waals surface area contributed by atoms with Crippen molar-refractivity contribution in [2.24, 2.45) is 0 Å². The molecule has 2 fully saturated rings. The van der Waals surface area contributed by atoms with Crippen LogP contribution < -0.4 is 0 Å². The lowest BCUT2D eigenvalue weighted by molar-refractivity contribution is -0.156. The van der Waals surface area contributed by atoms with Crippen LogP contribution in [-0.4, -0.2) is 39.2 Å². The van der Waals surface area contributed by atoms with Gasteiger partial charge in [-0.05, 0) is 18.6 Å². The number of aliphatic carboxylic acids is 1. The van der Waals surface area contributed by atoms with E-state index < -0.39 is 12.0 Å². The molecule has 0 aromatic heterocycles. The molecule has 1 N–H and O–H groups in total. The minimum Gasteiger partial charge on any atom is -0.480 e. The Hall–Kier alpha value is -1.49. The van der Waals surface area contributed by atoms with E-state index in [9.17, 15) is 14.7 Å². The fourth-order valence-corrected chi connectivity index (χ4v) is 4.07. The zero-order chi connectivity index (χ0) is 12.7. The van der Waals surface area contributed by atoms with Crippen LogP contribution in [0.15, 0.2) is 35.2 Å². The van der Waals surface area contributed by atoms with Crippen LogP contribution >= 0.6 is 11.8 Å². The minimum absolute atomic E-state index is 0.0245. The summed E-state index contributed by atoms with van der Waals surface area (Å²) in [5.74, 6) is -0.914. The molecule has 1 aromatic carbocycles. The Morgan fingerprint density at radius 1 is 1.33 bits per heavy atom. The highest BCUT2D eigenvalue weighted by molar-refractivity contribution is 8.00. The molecule has 5 heteroatoms. The van der Waals surface area contributed by atoms with Gasteiger partial charge in [-0.3, -0.25) is 4.79 Å². The maximum absolute atomic E-state index is 11.5. The van der Waals surface area contributed by atoms with E-state index in [0.717, 1.165) is 11.3 Å². The third kappa shape index (κ3) is 1.79. The average molecular weight is 263 g/mol. The molecule has 1 amide bonds. The molecule has 3 rings (SSSR count). The number of fused-ring (bicyclic) bond motifs is 1. The van der Waals surface area contributed by atoms with Crippen molar-refractivity contribution >= 4 is 23.6 Å². The fourth-order valence-electron chi connectivity index (χ4n) is 2.72. The zero-order valence-corrected chi connectivity index (χ0v) is 10.5. The summed E-state index contributed by atoms with van der Waals surface area (Å²) >= 11 is 1.56. The van der Waals surface area contributed by atoms with Gasteiger partial charge in [-0.25, -0.2) is 4.79 Å². The van der Waals surface area contributed by atoms with Crippen molar-refractivity contribution in [3.05, 3.63) is 30.3 Å². The number of carboxylic acid groups (broad SMARTS) is 1. The predicted octanol–water partition coefficient (Wildman–Crippen LogP) is 1.61. The molecule has 2 aliphatic rings. The number of hydrogen-bond donors (Lipinski definition) is 1. The highest BCUT2D eigenvalue weighted by Crippen LogP contribution is 2.43. The molecule has 2 heterocycles. The fraction of sp³-hybridized carbons (Fsp3) is 0.385. The van der Waals surface area contributed by atoms with Crippen molar-refractivity contribution < 1.29 is 14.7 Å². The predicted molar refractivity (Wildman–Crippen MR) is 67.4 cm³/mol. The van der Waals surface area contributed by atoms with Gasteiger partial charge in [-0.15, -0.1) is 11.8 Å². The number of amides is 1. The summed E-state index contributed by atoms with van der Waals surface area (Å²) in [5, 5.41) is 9.25. The van der Waals surface area contributed by atoms with Crippen LogP contribution in [0.4, 0.5) is 0 Å². The lowest BCUT2D eigenvalue weighted by Crippen LogP contribution is -2.55. The third-order valence-corrected chi connectivity index (χ3v) is 4.83. The van der Waals surface area contributed by atoms with E-state index in [-0.39, 0.29) is 17.2 Å². The summed E-state index contributed by atoms with van der Waals surface area (Å²) in [6.07, 6.45) is 1.29. The van der Waals surface area contributed by atoms with E-state index in [1.807, 2.05) is 30.3 Å². The van der Waals surface area contributed by atoms with E-state index >= 15 is 0 Å². The van der Waals surface area contributed by atoms with Crippen molar-refractivity contribution in [1.82, 2.24) is 4.90 Å². The molecule has 4 nitrogen and oxygen atoms in total. The Balaban J connectivity index is 1.79. The largest absolute Gasteiger partial charge is 0.480 e. The van der Waals surface area contributed by atoms with Crippen LogP contribution in [-0.2, 0) is 9.59 Å². The Kier molecular flexibility index (Phi) is 2.78. The normalized spacial score (nSPS) is 29.9. The molecule has 2 saturated heterocycles. The van der Waals surface area contributed by atoms with Crippen molar-refractivity contribution in [2.45, 2.75) is 35.1 Å². The van der Waals surface area contributed by atoms with Crippen molar-refractivity contribution in [2.75, 3.05) is 0 Å². The lowest BCUT2D eigenvalue weighted by Gasteiger charge is -2.37. The van der Waals surface area contributed by atoms with Crippen LogP contribution in [0.5, 0.6) is 0 Å². The molecule has 94 valence electrons. The van der Waals surface area contributed by atoms with Crippen LogP contribution in [0.3, 0.4) is 0 Å². The second kappa shape index (κ2) is 4.31. The molecule has 2 unspecified atom stereocenters. The molecule has 0 aliphatic carbocycles. The zero-order valence-electron chi connectivity index (χ0n) is 9.65. The van der Waals surface area contributed by atoms with Gasteiger partial charge >= 0.3 is 5.97 Å². The van der Waals surface area contributed by atoms with Crippen LogP contribution in [0.1, 0.15) is 12.8 Å². The Morgan fingerprint density at radius 2 is 2.06 bits per heavy atom. The molecule has 0 radical (unpaired) electrons. The number of β-lactam (4-membered cyclic amide) rings is 1. The first-order chi connectivity index (χ1) is 8.66. The molecule has 18 heavy (non-hydrogen) atoms. The Bertz CT molecular complexity index is 490. The quantitative estimate of drug-likeness (QED) is 0.842. The Morgan fingerprint density at radius 3 is 2.67 bits per heavy atom. The summed E-state index contributed by atoms with van der Waals surface area (Å²) in [5.41, 5.74) is 0. The molecule has 1 aromatic rings. The van der Waals surface area contributed by atoms with Crippen LogP contribution in [0.25, 0.3) is 0 Å². The number of carbonyl (C=O) groups excluding carboxylic acids is 1. The molecule has 2 aliphatic heterocycles. The van der Waals surface area contributed by atoms with Gasteiger partial charge in [0.2, 0.25) is 5.91 Å². The van der Waals surface area contributed by atoms with Gasteiger partial charge in [-0.2, -0.15) is 0 Å². The first-order valence-electron chi connectivity index (χ1n) is 5.92. The third-order valence-electron chi connectivity index (χ3n) is 3.53. The van der Waals surface area contributed by atoms with Gasteiger partial charge in [-0.1, -0.05) is 18.2 Å². The summed E-state index contributed by atoms with van der Waals surface area (Å²) < 4.78 is 0.